The highest BCUT2D eigenvalue weighted by molar-refractivity contribution is 5.94. The molecule has 1 amide bonds. The van der Waals surface area contributed by atoms with Gasteiger partial charge in [0.05, 0.1) is 0 Å². The van der Waals surface area contributed by atoms with E-state index in [0.29, 0.717) is 6.54 Å². The van der Waals surface area contributed by atoms with E-state index in [1.807, 2.05) is 38.4 Å². The Kier molecular flexibility index (Phi) is 6.24. The van der Waals surface area contributed by atoms with Crippen LogP contribution in [0.1, 0.15) is 48.7 Å². The molecule has 0 fully saturated rings. The molecule has 0 saturated carbocycles. The highest BCUT2D eigenvalue weighted by Gasteiger charge is 2.14. The van der Waals surface area contributed by atoms with Crippen molar-refractivity contribution in [1.82, 2.24) is 5.32 Å². The molecule has 134 valence electrons. The minimum absolute atomic E-state index is 0.00316. The van der Waals surface area contributed by atoms with Crippen molar-refractivity contribution in [3.63, 3.8) is 0 Å². The highest BCUT2D eigenvalue weighted by atomic mass is 16.1. The molecular weight excluding hydrogens is 308 g/mol. The van der Waals surface area contributed by atoms with Crippen LogP contribution in [-0.4, -0.2) is 26.5 Å². The van der Waals surface area contributed by atoms with Gasteiger partial charge in [0, 0.05) is 31.9 Å². The van der Waals surface area contributed by atoms with Crippen LogP contribution in [0.25, 0.3) is 0 Å². The van der Waals surface area contributed by atoms with E-state index >= 15 is 0 Å². The van der Waals surface area contributed by atoms with Gasteiger partial charge in [0.1, 0.15) is 0 Å². The van der Waals surface area contributed by atoms with Crippen LogP contribution in [0, 0.1) is 0 Å². The first kappa shape index (κ1) is 19.0. The van der Waals surface area contributed by atoms with Crippen molar-refractivity contribution in [1.29, 1.82) is 0 Å². The van der Waals surface area contributed by atoms with E-state index < -0.39 is 0 Å². The molecule has 2 aromatic carbocycles. The van der Waals surface area contributed by atoms with E-state index in [4.69, 9.17) is 0 Å². The minimum Gasteiger partial charge on any atom is -0.378 e. The molecule has 1 N–H and O–H groups in total. The number of carbonyl (C=O) groups is 1. The van der Waals surface area contributed by atoms with Crippen molar-refractivity contribution in [2.45, 2.75) is 39.0 Å². The number of hydrogen-bond acceptors (Lipinski definition) is 2. The topological polar surface area (TPSA) is 32.3 Å². The Labute approximate surface area is 152 Å². The number of anilines is 1. The molecule has 0 saturated heterocycles. The Morgan fingerprint density at radius 2 is 1.56 bits per heavy atom. The van der Waals surface area contributed by atoms with Gasteiger partial charge in [-0.3, -0.25) is 4.79 Å². The molecule has 0 aliphatic carbocycles. The summed E-state index contributed by atoms with van der Waals surface area (Å²) in [6, 6.07) is 16.5. The van der Waals surface area contributed by atoms with Gasteiger partial charge in [0.15, 0.2) is 0 Å². The number of nitrogens with zero attached hydrogens (tertiary/aromatic N) is 1. The van der Waals surface area contributed by atoms with E-state index in [1.54, 1.807) is 0 Å². The molecule has 3 heteroatoms. The van der Waals surface area contributed by atoms with Crippen LogP contribution in [-0.2, 0) is 11.8 Å². The zero-order valence-corrected chi connectivity index (χ0v) is 16.1. The van der Waals surface area contributed by atoms with Crippen molar-refractivity contribution in [3.05, 3.63) is 65.2 Å². The first-order valence-electron chi connectivity index (χ1n) is 8.92. The third kappa shape index (κ3) is 5.63. The molecule has 0 aliphatic heterocycles. The zero-order chi connectivity index (χ0) is 18.4. The van der Waals surface area contributed by atoms with Gasteiger partial charge in [0.2, 0.25) is 0 Å². The second-order valence-electron chi connectivity index (χ2n) is 7.75. The van der Waals surface area contributed by atoms with Gasteiger partial charge < -0.3 is 10.2 Å². The summed E-state index contributed by atoms with van der Waals surface area (Å²) in [6.07, 6.45) is 1.91. The molecule has 0 aliphatic rings. The summed E-state index contributed by atoms with van der Waals surface area (Å²) in [5.74, 6) is 0.00316. The lowest BCUT2D eigenvalue weighted by Crippen LogP contribution is -2.25. The van der Waals surface area contributed by atoms with Crippen LogP contribution in [0.5, 0.6) is 0 Å². The average molecular weight is 338 g/mol. The van der Waals surface area contributed by atoms with Gasteiger partial charge in [-0.05, 0) is 53.6 Å². The highest BCUT2D eigenvalue weighted by Crippen LogP contribution is 2.22. The number of benzene rings is 2. The smallest absolute Gasteiger partial charge is 0.251 e. The molecule has 0 aromatic heterocycles. The number of rotatable bonds is 6. The molecule has 0 radical (unpaired) electrons. The molecule has 0 spiro atoms. The van der Waals surface area contributed by atoms with E-state index in [2.05, 4.69) is 55.3 Å². The van der Waals surface area contributed by atoms with Crippen molar-refractivity contribution < 1.29 is 4.79 Å². The molecule has 0 bridgehead atoms. The number of hydrogen-bond donors (Lipinski definition) is 1. The first-order valence-corrected chi connectivity index (χ1v) is 8.92. The van der Waals surface area contributed by atoms with E-state index in [0.717, 1.165) is 18.4 Å². The van der Waals surface area contributed by atoms with Crippen LogP contribution in [0.3, 0.4) is 0 Å². The fourth-order valence-corrected chi connectivity index (χ4v) is 2.68. The summed E-state index contributed by atoms with van der Waals surface area (Å²) in [5.41, 5.74) is 4.58. The van der Waals surface area contributed by atoms with Crippen molar-refractivity contribution in [2.75, 3.05) is 25.5 Å². The monoisotopic (exact) mass is 338 g/mol. The van der Waals surface area contributed by atoms with E-state index in [1.165, 1.54) is 16.8 Å². The Balaban J connectivity index is 1.78. The van der Waals surface area contributed by atoms with Crippen LogP contribution < -0.4 is 10.2 Å². The lowest BCUT2D eigenvalue weighted by Gasteiger charge is -2.19. The Hall–Kier alpha value is -2.29. The van der Waals surface area contributed by atoms with Crippen LogP contribution in [0.4, 0.5) is 5.69 Å². The average Bonchev–Trinajstić information content (AvgIpc) is 2.58. The molecule has 2 rings (SSSR count). The number of carbonyl (C=O) groups excluding carboxylic acids is 1. The van der Waals surface area contributed by atoms with Crippen molar-refractivity contribution >= 4 is 11.6 Å². The quantitative estimate of drug-likeness (QED) is 0.791. The van der Waals surface area contributed by atoms with Gasteiger partial charge in [-0.1, -0.05) is 45.0 Å². The van der Waals surface area contributed by atoms with Crippen LogP contribution >= 0.6 is 0 Å². The summed E-state index contributed by atoms with van der Waals surface area (Å²) in [5, 5.41) is 3.01. The third-order valence-corrected chi connectivity index (χ3v) is 4.39. The zero-order valence-electron chi connectivity index (χ0n) is 16.1. The predicted molar refractivity (Wildman–Crippen MR) is 107 cm³/mol. The minimum atomic E-state index is 0.00316. The maximum Gasteiger partial charge on any atom is 0.251 e. The number of amides is 1. The van der Waals surface area contributed by atoms with Crippen molar-refractivity contribution in [3.8, 4) is 0 Å². The Morgan fingerprint density at radius 1 is 0.960 bits per heavy atom. The number of aryl methyl sites for hydroxylation is 1. The largest absolute Gasteiger partial charge is 0.378 e. The lowest BCUT2D eigenvalue weighted by atomic mass is 9.87. The Bertz CT molecular complexity index is 679. The molecular formula is C22H30N2O. The number of nitrogens with one attached hydrogen (secondary N) is 1. The SMILES string of the molecule is CN(C)c1ccc(CCCNC(=O)c2ccc(C(C)(C)C)cc2)cc1. The summed E-state index contributed by atoms with van der Waals surface area (Å²) in [7, 11) is 4.08. The van der Waals surface area contributed by atoms with Crippen LogP contribution in [0.2, 0.25) is 0 Å². The summed E-state index contributed by atoms with van der Waals surface area (Å²) < 4.78 is 0. The fraction of sp³-hybridized carbons (Fsp3) is 0.409. The van der Waals surface area contributed by atoms with E-state index in [9.17, 15) is 4.79 Å². The van der Waals surface area contributed by atoms with Crippen LogP contribution in [0.15, 0.2) is 48.5 Å². The molecule has 0 unspecified atom stereocenters. The Morgan fingerprint density at radius 3 is 2.08 bits per heavy atom. The maximum absolute atomic E-state index is 12.2. The van der Waals surface area contributed by atoms with Gasteiger partial charge in [-0.15, -0.1) is 0 Å². The van der Waals surface area contributed by atoms with Gasteiger partial charge in [-0.25, -0.2) is 0 Å². The van der Waals surface area contributed by atoms with Crippen molar-refractivity contribution in [2.24, 2.45) is 0 Å². The third-order valence-electron chi connectivity index (χ3n) is 4.39. The molecule has 25 heavy (non-hydrogen) atoms. The molecule has 0 atom stereocenters. The van der Waals surface area contributed by atoms with E-state index in [-0.39, 0.29) is 11.3 Å². The molecule has 2 aromatic rings. The standard InChI is InChI=1S/C22H30N2O/c1-22(2,3)19-12-10-18(11-13-19)21(25)23-16-6-7-17-8-14-20(15-9-17)24(4)5/h8-15H,6-7,16H2,1-5H3,(H,23,25). The maximum atomic E-state index is 12.2. The second-order valence-corrected chi connectivity index (χ2v) is 7.75. The first-order chi connectivity index (χ1) is 11.8. The molecule has 3 nitrogen and oxygen atoms in total. The van der Waals surface area contributed by atoms with Gasteiger partial charge in [0.25, 0.3) is 5.91 Å². The van der Waals surface area contributed by atoms with Gasteiger partial charge >= 0.3 is 0 Å². The fourth-order valence-electron chi connectivity index (χ4n) is 2.68. The predicted octanol–water partition coefficient (Wildman–Crippen LogP) is 4.41. The molecule has 0 heterocycles. The second kappa shape index (κ2) is 8.19. The lowest BCUT2D eigenvalue weighted by molar-refractivity contribution is 0.0953. The normalized spacial score (nSPS) is 11.2. The summed E-state index contributed by atoms with van der Waals surface area (Å²) >= 11 is 0. The summed E-state index contributed by atoms with van der Waals surface area (Å²) in [4.78, 5) is 14.3. The summed E-state index contributed by atoms with van der Waals surface area (Å²) in [6.45, 7) is 7.21. The van der Waals surface area contributed by atoms with Gasteiger partial charge in [-0.2, -0.15) is 0 Å².